The second-order valence-corrected chi connectivity index (χ2v) is 18.8. The van der Waals surface area contributed by atoms with Crippen LogP contribution in [-0.4, -0.2) is 116 Å². The normalized spacial score (nSPS) is 37.6. The SMILES string of the molecule is CCC(=O)/N=C1\[C@H](C)C[C@@]2(C)CC/C(=N/OCc3coc(-c4cccc(N)n4)n3)CC[C@H]([C@H]1C)[C@](C)(O)[C@@H](CC)OC(=O)[C@@](C)(F)C(=O)[C@H](C)[C@H]2O[C@@H]1O[C@H](C)C[C@H](N(C)C)[C@H]1O. The molecule has 2 aromatic rings. The van der Waals surface area contributed by atoms with E-state index in [0.717, 1.165) is 6.92 Å². The van der Waals surface area contributed by atoms with Gasteiger partial charge in [-0.3, -0.25) is 9.59 Å². The molecule has 350 valence electrons. The molecule has 2 aliphatic heterocycles. The topological polar surface area (TPSA) is 221 Å². The summed E-state index contributed by atoms with van der Waals surface area (Å²) in [6.07, 6.45) is -1.55. The molecule has 4 heterocycles. The van der Waals surface area contributed by atoms with Crippen molar-refractivity contribution in [1.82, 2.24) is 14.9 Å². The number of carbonyl (C=O) groups is 3. The number of nitrogen functional groups attached to an aromatic ring is 1. The van der Waals surface area contributed by atoms with Gasteiger partial charge in [0.1, 0.15) is 41.3 Å². The zero-order chi connectivity index (χ0) is 46.6. The Morgan fingerprint density at radius 1 is 1.08 bits per heavy atom. The van der Waals surface area contributed by atoms with Crippen LogP contribution >= 0.6 is 0 Å². The number of aromatic nitrogens is 2. The highest BCUT2D eigenvalue weighted by molar-refractivity contribution is 6.08. The summed E-state index contributed by atoms with van der Waals surface area (Å²) in [5.41, 5.74) is 1.90. The maximum atomic E-state index is 17.0. The monoisotopic (exact) mass is 885 g/mol. The minimum atomic E-state index is -3.14. The van der Waals surface area contributed by atoms with Gasteiger partial charge in [-0.25, -0.2) is 24.1 Å². The molecule has 1 saturated carbocycles. The lowest BCUT2D eigenvalue weighted by Crippen LogP contribution is -2.59. The first kappa shape index (κ1) is 49.8. The summed E-state index contributed by atoms with van der Waals surface area (Å²) >= 11 is 0. The van der Waals surface area contributed by atoms with Gasteiger partial charge in [-0.2, -0.15) is 0 Å². The number of cyclic esters (lactones) is 1. The molecule has 2 bridgehead atoms. The molecule has 63 heavy (non-hydrogen) atoms. The number of aliphatic hydroxyl groups is 2. The average molecular weight is 885 g/mol. The van der Waals surface area contributed by atoms with E-state index in [4.69, 9.17) is 29.2 Å². The molecule has 2 saturated heterocycles. The number of carbonyl (C=O) groups excluding carboxylic acids is 3. The molecule has 13 atom stereocenters. The van der Waals surface area contributed by atoms with Crippen molar-refractivity contribution in [3.8, 4) is 11.6 Å². The number of ketones is 1. The first-order chi connectivity index (χ1) is 29.5. The number of pyridine rings is 1. The van der Waals surface area contributed by atoms with Crippen LogP contribution in [-0.2, 0) is 40.0 Å². The third kappa shape index (κ3) is 11.2. The number of alkyl halides is 1. The van der Waals surface area contributed by atoms with Crippen molar-refractivity contribution in [2.75, 3.05) is 19.8 Å². The summed E-state index contributed by atoms with van der Waals surface area (Å²) in [6, 6.07) is 4.76. The lowest BCUT2D eigenvalue weighted by molar-refractivity contribution is -0.287. The van der Waals surface area contributed by atoms with Gasteiger partial charge in [0.05, 0.1) is 17.9 Å². The van der Waals surface area contributed by atoms with Crippen molar-refractivity contribution < 1.29 is 52.5 Å². The molecule has 0 aromatic carbocycles. The van der Waals surface area contributed by atoms with Gasteiger partial charge < -0.3 is 44.3 Å². The second-order valence-electron chi connectivity index (χ2n) is 18.8. The molecule has 1 aliphatic carbocycles. The number of amides is 1. The predicted molar refractivity (Wildman–Crippen MR) is 234 cm³/mol. The molecule has 3 aliphatic rings. The number of ether oxygens (including phenoxy) is 3. The van der Waals surface area contributed by atoms with Crippen molar-refractivity contribution >= 4 is 34.9 Å². The maximum Gasteiger partial charge on any atom is 0.351 e. The van der Waals surface area contributed by atoms with Gasteiger partial charge in [-0.1, -0.05) is 52.8 Å². The van der Waals surface area contributed by atoms with Gasteiger partial charge in [0.2, 0.25) is 11.8 Å². The third-order valence-electron chi connectivity index (χ3n) is 13.6. The van der Waals surface area contributed by atoms with E-state index in [1.807, 2.05) is 46.7 Å². The van der Waals surface area contributed by atoms with Crippen molar-refractivity contribution in [2.24, 2.45) is 39.2 Å². The number of likely N-dealkylation sites (N-methyl/N-ethyl adjacent to an activating group) is 1. The summed E-state index contributed by atoms with van der Waals surface area (Å²) in [4.78, 5) is 63.1. The second kappa shape index (κ2) is 20.3. The number of Topliss-reactive ketones (excluding diaryl/α,β-unsaturated/α-hetero) is 1. The summed E-state index contributed by atoms with van der Waals surface area (Å²) < 4.78 is 41.6. The third-order valence-corrected chi connectivity index (χ3v) is 13.6. The Balaban J connectivity index is 1.67. The van der Waals surface area contributed by atoms with E-state index in [1.165, 1.54) is 13.2 Å². The predicted octanol–water partition coefficient (Wildman–Crippen LogP) is 6.26. The van der Waals surface area contributed by atoms with E-state index >= 15 is 4.39 Å². The maximum absolute atomic E-state index is 17.0. The van der Waals surface area contributed by atoms with Crippen LogP contribution < -0.4 is 5.73 Å². The van der Waals surface area contributed by atoms with E-state index in [9.17, 15) is 24.6 Å². The van der Waals surface area contributed by atoms with E-state index in [0.29, 0.717) is 54.3 Å². The van der Waals surface area contributed by atoms with E-state index < -0.39 is 76.7 Å². The Bertz CT molecular complexity index is 1990. The van der Waals surface area contributed by atoms with Crippen LogP contribution in [0.1, 0.15) is 119 Å². The fraction of sp³-hybridized carbons (Fsp3) is 0.717. The fourth-order valence-electron chi connectivity index (χ4n) is 9.97. The number of oxime groups is 1. The molecule has 0 unspecified atom stereocenters. The van der Waals surface area contributed by atoms with Gasteiger partial charge in [0.25, 0.3) is 5.67 Å². The highest BCUT2D eigenvalue weighted by Gasteiger charge is 2.56. The van der Waals surface area contributed by atoms with Crippen LogP contribution in [0.15, 0.2) is 39.0 Å². The number of nitrogens with two attached hydrogens (primary N) is 1. The standard InChI is InChI=1S/C46H69FN6O10/c1-12-34-46(9,58)31-18-17-29(52-60-24-30-23-59-41(49-30)32-15-14-16-35(48)50-32)19-20-44(7,22-25(3)37(27(31)5)51-36(54)13-2)40(28(6)39(56)45(8,47)43(57)62-34)63-42-38(55)33(53(10)11)21-26(4)61-42/h14-16,23,25-28,31,33-34,38,40,42,55,58H,12-13,17-22,24H2,1-11H3,(H2,48,50)/b51-37+,52-29+/t25-,26-,27-,28+,31-,33+,34-,38-,40-,42+,44-,45+,46+/m1/s1. The summed E-state index contributed by atoms with van der Waals surface area (Å²) in [5.74, 6) is -5.32. The lowest BCUT2D eigenvalue weighted by atomic mass is 9.65. The number of halogens is 1. The summed E-state index contributed by atoms with van der Waals surface area (Å²) in [7, 11) is 3.69. The molecule has 3 fully saturated rings. The molecule has 5 rings (SSSR count). The van der Waals surface area contributed by atoms with Gasteiger partial charge in [-0.15, -0.1) is 0 Å². The van der Waals surface area contributed by atoms with Crippen molar-refractivity contribution in [3.63, 3.8) is 0 Å². The number of aliphatic imine (C=N–C) groups is 1. The minimum Gasteiger partial charge on any atom is -0.457 e. The molecule has 17 heteroatoms. The van der Waals surface area contributed by atoms with E-state index in [1.54, 1.807) is 39.0 Å². The highest BCUT2D eigenvalue weighted by Crippen LogP contribution is 2.47. The van der Waals surface area contributed by atoms with Crippen LogP contribution in [0.4, 0.5) is 10.2 Å². The molecule has 2 aromatic heterocycles. The Labute approximate surface area is 370 Å². The quantitative estimate of drug-likeness (QED) is 0.144. The van der Waals surface area contributed by atoms with Crippen LogP contribution in [0, 0.1) is 29.1 Å². The Kier molecular flexibility index (Phi) is 16.1. The molecule has 1 amide bonds. The van der Waals surface area contributed by atoms with Crippen LogP contribution in [0.5, 0.6) is 0 Å². The zero-order valence-electron chi connectivity index (χ0n) is 38.8. The number of oxazole rings is 1. The van der Waals surface area contributed by atoms with Crippen molar-refractivity contribution in [3.05, 3.63) is 30.2 Å². The number of anilines is 1. The van der Waals surface area contributed by atoms with Crippen LogP contribution in [0.3, 0.4) is 0 Å². The Hall–Kier alpha value is -4.16. The summed E-state index contributed by atoms with van der Waals surface area (Å²) in [5, 5.41) is 29.0. The number of nitrogens with zero attached hydrogens (tertiary/aromatic N) is 5. The number of rotatable bonds is 9. The fourth-order valence-corrected chi connectivity index (χ4v) is 9.97. The first-order valence-corrected chi connectivity index (χ1v) is 22.3. The van der Waals surface area contributed by atoms with Gasteiger partial charge in [0.15, 0.2) is 18.7 Å². The first-order valence-electron chi connectivity index (χ1n) is 22.3. The van der Waals surface area contributed by atoms with Gasteiger partial charge in [-0.05, 0) is 109 Å². The lowest BCUT2D eigenvalue weighted by Gasteiger charge is -2.48. The van der Waals surface area contributed by atoms with Crippen molar-refractivity contribution in [2.45, 2.75) is 168 Å². The molecular formula is C46H69FN6O10. The molecule has 4 N–H and O–H groups in total. The largest absolute Gasteiger partial charge is 0.457 e. The van der Waals surface area contributed by atoms with Gasteiger partial charge in [0, 0.05) is 30.0 Å². The number of esters is 1. The van der Waals surface area contributed by atoms with Crippen molar-refractivity contribution in [1.29, 1.82) is 0 Å². The minimum absolute atomic E-state index is 0.0561. The molecule has 0 radical (unpaired) electrons. The smallest absolute Gasteiger partial charge is 0.351 e. The van der Waals surface area contributed by atoms with E-state index in [2.05, 4.69) is 20.1 Å². The van der Waals surface area contributed by atoms with E-state index in [-0.39, 0.29) is 56.2 Å². The zero-order valence-corrected chi connectivity index (χ0v) is 38.8. The summed E-state index contributed by atoms with van der Waals surface area (Å²) in [6.45, 7) is 14.9. The molecular weight excluding hydrogens is 816 g/mol. The molecule has 16 nitrogen and oxygen atoms in total. The number of hydrogen-bond acceptors (Lipinski definition) is 15. The Morgan fingerprint density at radius 3 is 2.44 bits per heavy atom. The van der Waals surface area contributed by atoms with Gasteiger partial charge >= 0.3 is 5.97 Å². The number of aliphatic hydroxyl groups excluding tert-OH is 1. The molecule has 0 spiro atoms. The number of fused-ring (bicyclic) bond motifs is 5. The number of hydrogen-bond donors (Lipinski definition) is 3. The average Bonchev–Trinajstić information content (AvgIpc) is 3.70. The Morgan fingerprint density at radius 2 is 1.79 bits per heavy atom. The highest BCUT2D eigenvalue weighted by atomic mass is 19.1. The van der Waals surface area contributed by atoms with Crippen LogP contribution in [0.25, 0.3) is 11.6 Å². The van der Waals surface area contributed by atoms with Crippen LogP contribution in [0.2, 0.25) is 0 Å².